The average Bonchev–Trinajstić information content (AvgIpc) is 2.27. The fourth-order valence-electron chi connectivity index (χ4n) is 1.63. The lowest BCUT2D eigenvalue weighted by molar-refractivity contribution is 0.188. The molecule has 1 rings (SSSR count). The zero-order valence-corrected chi connectivity index (χ0v) is 9.70. The van der Waals surface area contributed by atoms with Crippen molar-refractivity contribution in [2.24, 2.45) is 5.73 Å². The highest BCUT2D eigenvalue weighted by atomic mass is 16.5. The van der Waals surface area contributed by atoms with E-state index in [1.807, 2.05) is 0 Å². The Morgan fingerprint density at radius 2 is 1.93 bits per heavy atom. The number of aryl methyl sites for hydroxylation is 1. The summed E-state index contributed by atoms with van der Waals surface area (Å²) in [6.07, 6.45) is 3.21. The SMILES string of the molecule is CCCc1ccc(C(N)CCOC)cc1. The molecule has 2 N–H and O–H groups in total. The second-order valence-corrected chi connectivity index (χ2v) is 3.88. The molecular formula is C13H21NO. The lowest BCUT2D eigenvalue weighted by atomic mass is 10.0. The van der Waals surface area contributed by atoms with Crippen molar-refractivity contribution in [1.82, 2.24) is 0 Å². The van der Waals surface area contributed by atoms with Crippen molar-refractivity contribution in [2.75, 3.05) is 13.7 Å². The van der Waals surface area contributed by atoms with E-state index in [-0.39, 0.29) is 6.04 Å². The van der Waals surface area contributed by atoms with Crippen LogP contribution in [0.15, 0.2) is 24.3 Å². The predicted molar refractivity (Wildman–Crippen MR) is 63.9 cm³/mol. The molecule has 0 saturated carbocycles. The van der Waals surface area contributed by atoms with Gasteiger partial charge < -0.3 is 10.5 Å². The maximum absolute atomic E-state index is 6.03. The van der Waals surface area contributed by atoms with Gasteiger partial charge in [0.05, 0.1) is 0 Å². The molecule has 0 aliphatic heterocycles. The Morgan fingerprint density at radius 1 is 1.27 bits per heavy atom. The van der Waals surface area contributed by atoms with Crippen LogP contribution in [0.2, 0.25) is 0 Å². The smallest absolute Gasteiger partial charge is 0.0480 e. The summed E-state index contributed by atoms with van der Waals surface area (Å²) in [6.45, 7) is 2.91. The summed E-state index contributed by atoms with van der Waals surface area (Å²) in [6, 6.07) is 8.70. The molecule has 1 atom stereocenters. The van der Waals surface area contributed by atoms with Gasteiger partial charge in [0.2, 0.25) is 0 Å². The van der Waals surface area contributed by atoms with E-state index in [1.165, 1.54) is 17.5 Å². The number of ether oxygens (including phenoxy) is 1. The number of rotatable bonds is 6. The Bertz CT molecular complexity index is 268. The Labute approximate surface area is 92.4 Å². The van der Waals surface area contributed by atoms with Crippen molar-refractivity contribution in [1.29, 1.82) is 0 Å². The Hall–Kier alpha value is -0.860. The number of methoxy groups -OCH3 is 1. The van der Waals surface area contributed by atoms with Gasteiger partial charge in [0.1, 0.15) is 0 Å². The molecule has 2 nitrogen and oxygen atoms in total. The molecule has 0 aliphatic carbocycles. The van der Waals surface area contributed by atoms with E-state index in [4.69, 9.17) is 10.5 Å². The standard InChI is InChI=1S/C13H21NO/c1-3-4-11-5-7-12(8-6-11)13(14)9-10-15-2/h5-8,13H,3-4,9-10,14H2,1-2H3. The molecule has 0 saturated heterocycles. The third-order valence-corrected chi connectivity index (χ3v) is 2.58. The topological polar surface area (TPSA) is 35.2 Å². The van der Waals surface area contributed by atoms with Crippen LogP contribution in [0, 0.1) is 0 Å². The number of hydrogen-bond acceptors (Lipinski definition) is 2. The van der Waals surface area contributed by atoms with E-state index in [2.05, 4.69) is 31.2 Å². The summed E-state index contributed by atoms with van der Waals surface area (Å²) in [5.41, 5.74) is 8.62. The first-order valence-corrected chi connectivity index (χ1v) is 5.61. The summed E-state index contributed by atoms with van der Waals surface area (Å²) < 4.78 is 5.02. The van der Waals surface area contributed by atoms with Gasteiger partial charge in [-0.2, -0.15) is 0 Å². The van der Waals surface area contributed by atoms with Gasteiger partial charge in [-0.1, -0.05) is 37.6 Å². The Morgan fingerprint density at radius 3 is 2.47 bits per heavy atom. The zero-order valence-electron chi connectivity index (χ0n) is 9.70. The van der Waals surface area contributed by atoms with E-state index in [0.29, 0.717) is 0 Å². The number of benzene rings is 1. The third kappa shape index (κ3) is 4.02. The van der Waals surface area contributed by atoms with E-state index < -0.39 is 0 Å². The molecule has 0 aromatic heterocycles. The normalized spacial score (nSPS) is 12.7. The molecule has 0 bridgehead atoms. The van der Waals surface area contributed by atoms with E-state index in [0.717, 1.165) is 19.4 Å². The second kappa shape index (κ2) is 6.59. The van der Waals surface area contributed by atoms with Gasteiger partial charge in [0, 0.05) is 19.8 Å². The van der Waals surface area contributed by atoms with E-state index >= 15 is 0 Å². The number of hydrogen-bond donors (Lipinski definition) is 1. The lowest BCUT2D eigenvalue weighted by Gasteiger charge is -2.11. The predicted octanol–water partition coefficient (Wildman–Crippen LogP) is 2.68. The highest BCUT2D eigenvalue weighted by molar-refractivity contribution is 5.24. The van der Waals surface area contributed by atoms with Crippen molar-refractivity contribution >= 4 is 0 Å². The van der Waals surface area contributed by atoms with Gasteiger partial charge in [-0.15, -0.1) is 0 Å². The molecule has 1 unspecified atom stereocenters. The van der Waals surface area contributed by atoms with Crippen LogP contribution in [-0.4, -0.2) is 13.7 Å². The van der Waals surface area contributed by atoms with Gasteiger partial charge in [-0.3, -0.25) is 0 Å². The first-order valence-electron chi connectivity index (χ1n) is 5.61. The summed E-state index contributed by atoms with van der Waals surface area (Å²) in [5, 5.41) is 0. The van der Waals surface area contributed by atoms with Gasteiger partial charge in [0.25, 0.3) is 0 Å². The summed E-state index contributed by atoms with van der Waals surface area (Å²) in [4.78, 5) is 0. The van der Waals surface area contributed by atoms with Crippen LogP contribution in [0.5, 0.6) is 0 Å². The maximum atomic E-state index is 6.03. The fourth-order valence-corrected chi connectivity index (χ4v) is 1.63. The number of nitrogens with two attached hydrogens (primary N) is 1. The first kappa shape index (κ1) is 12.2. The van der Waals surface area contributed by atoms with E-state index in [1.54, 1.807) is 7.11 Å². The molecule has 0 radical (unpaired) electrons. The van der Waals surface area contributed by atoms with Crippen molar-refractivity contribution in [3.63, 3.8) is 0 Å². The van der Waals surface area contributed by atoms with Crippen molar-refractivity contribution in [3.8, 4) is 0 Å². The Balaban J connectivity index is 2.54. The minimum atomic E-state index is 0.0978. The van der Waals surface area contributed by atoms with Gasteiger partial charge >= 0.3 is 0 Å². The van der Waals surface area contributed by atoms with Crippen LogP contribution in [0.3, 0.4) is 0 Å². The van der Waals surface area contributed by atoms with Gasteiger partial charge in [0.15, 0.2) is 0 Å². The maximum Gasteiger partial charge on any atom is 0.0480 e. The molecule has 0 aliphatic rings. The summed E-state index contributed by atoms with van der Waals surface area (Å²) in [7, 11) is 1.71. The molecule has 0 amide bonds. The fraction of sp³-hybridized carbons (Fsp3) is 0.538. The minimum Gasteiger partial charge on any atom is -0.385 e. The van der Waals surface area contributed by atoms with Crippen LogP contribution >= 0.6 is 0 Å². The van der Waals surface area contributed by atoms with Crippen LogP contribution in [-0.2, 0) is 11.2 Å². The monoisotopic (exact) mass is 207 g/mol. The summed E-state index contributed by atoms with van der Waals surface area (Å²) >= 11 is 0. The molecule has 84 valence electrons. The molecule has 1 aromatic rings. The molecular weight excluding hydrogens is 186 g/mol. The molecule has 0 fully saturated rings. The highest BCUT2D eigenvalue weighted by Crippen LogP contribution is 2.15. The van der Waals surface area contributed by atoms with Crippen LogP contribution in [0.1, 0.15) is 36.9 Å². The molecule has 1 aromatic carbocycles. The van der Waals surface area contributed by atoms with Gasteiger partial charge in [-0.25, -0.2) is 0 Å². The first-order chi connectivity index (χ1) is 7.27. The second-order valence-electron chi connectivity index (χ2n) is 3.88. The average molecular weight is 207 g/mol. The largest absolute Gasteiger partial charge is 0.385 e. The van der Waals surface area contributed by atoms with Crippen LogP contribution in [0.4, 0.5) is 0 Å². The minimum absolute atomic E-state index is 0.0978. The molecule has 2 heteroatoms. The van der Waals surface area contributed by atoms with Crippen molar-refractivity contribution < 1.29 is 4.74 Å². The molecule has 0 heterocycles. The zero-order chi connectivity index (χ0) is 11.1. The quantitative estimate of drug-likeness (QED) is 0.778. The van der Waals surface area contributed by atoms with Crippen LogP contribution < -0.4 is 5.73 Å². The van der Waals surface area contributed by atoms with Crippen LogP contribution in [0.25, 0.3) is 0 Å². The lowest BCUT2D eigenvalue weighted by Crippen LogP contribution is -2.12. The van der Waals surface area contributed by atoms with Gasteiger partial charge in [-0.05, 0) is 24.0 Å². The Kier molecular flexibility index (Phi) is 5.37. The molecule has 15 heavy (non-hydrogen) atoms. The third-order valence-electron chi connectivity index (χ3n) is 2.58. The van der Waals surface area contributed by atoms with Crippen molar-refractivity contribution in [3.05, 3.63) is 35.4 Å². The highest BCUT2D eigenvalue weighted by Gasteiger charge is 2.04. The summed E-state index contributed by atoms with van der Waals surface area (Å²) in [5.74, 6) is 0. The van der Waals surface area contributed by atoms with E-state index in [9.17, 15) is 0 Å². The van der Waals surface area contributed by atoms with Crippen molar-refractivity contribution in [2.45, 2.75) is 32.2 Å². The molecule has 0 spiro atoms.